The Kier molecular flexibility index (Phi) is 4.55. The van der Waals surface area contributed by atoms with Gasteiger partial charge in [0.15, 0.2) is 0 Å². The van der Waals surface area contributed by atoms with Crippen LogP contribution in [-0.2, 0) is 20.9 Å². The molecule has 1 saturated heterocycles. The van der Waals surface area contributed by atoms with Crippen LogP contribution in [0.2, 0.25) is 0 Å². The number of ether oxygens (including phenoxy) is 2. The summed E-state index contributed by atoms with van der Waals surface area (Å²) in [5.41, 5.74) is 0.825. The number of benzene rings is 1. The number of carbonyl (C=O) groups excluding carboxylic acids is 2. The summed E-state index contributed by atoms with van der Waals surface area (Å²) >= 11 is 0. The van der Waals surface area contributed by atoms with Gasteiger partial charge in [0.05, 0.1) is 13.7 Å². The molecule has 20 heavy (non-hydrogen) atoms. The highest BCUT2D eigenvalue weighted by molar-refractivity contribution is 5.82. The Labute approximate surface area is 116 Å². The van der Waals surface area contributed by atoms with Crippen LogP contribution in [0.1, 0.15) is 12.0 Å². The van der Waals surface area contributed by atoms with E-state index in [1.807, 2.05) is 30.3 Å². The van der Waals surface area contributed by atoms with E-state index in [0.29, 0.717) is 0 Å². The second kappa shape index (κ2) is 6.36. The van der Waals surface area contributed by atoms with Crippen LogP contribution in [0.15, 0.2) is 30.3 Å². The number of methoxy groups -OCH3 is 1. The second-order valence-electron chi connectivity index (χ2n) is 4.56. The predicted molar refractivity (Wildman–Crippen MR) is 68.7 cm³/mol. The lowest BCUT2D eigenvalue weighted by Crippen LogP contribution is -2.41. The number of amides is 1. The first-order valence-corrected chi connectivity index (χ1v) is 6.31. The number of carbonyl (C=O) groups is 2. The number of halogens is 1. The standard InChI is InChI=1S/C14H16FNO4/c1-19-13(17)12-7-11(15)8-16(12)14(18)20-9-10-5-3-2-4-6-10/h2-6,11-12H,7-9H2,1H3/t11-,12-/m1/s1. The Morgan fingerprint density at radius 3 is 2.70 bits per heavy atom. The van der Waals surface area contributed by atoms with E-state index < -0.39 is 24.3 Å². The number of alkyl halides is 1. The van der Waals surface area contributed by atoms with Crippen LogP contribution in [0.25, 0.3) is 0 Å². The number of rotatable bonds is 3. The summed E-state index contributed by atoms with van der Waals surface area (Å²) in [6.07, 6.45) is -1.99. The van der Waals surface area contributed by atoms with Gasteiger partial charge in [0.2, 0.25) is 0 Å². The minimum absolute atomic E-state index is 0.0485. The van der Waals surface area contributed by atoms with Gasteiger partial charge in [0.25, 0.3) is 0 Å². The third-order valence-electron chi connectivity index (χ3n) is 3.16. The van der Waals surface area contributed by atoms with Gasteiger partial charge in [0, 0.05) is 6.42 Å². The SMILES string of the molecule is COC(=O)[C@H]1C[C@@H](F)CN1C(=O)OCc1ccccc1. The molecule has 0 unspecified atom stereocenters. The Balaban J connectivity index is 1.95. The molecule has 1 aromatic carbocycles. The molecule has 1 fully saturated rings. The highest BCUT2D eigenvalue weighted by Gasteiger charge is 2.41. The van der Waals surface area contributed by atoms with Gasteiger partial charge in [-0.05, 0) is 5.56 Å². The Morgan fingerprint density at radius 2 is 2.05 bits per heavy atom. The first-order chi connectivity index (χ1) is 9.61. The van der Waals surface area contributed by atoms with Crippen molar-refractivity contribution >= 4 is 12.1 Å². The molecule has 1 aliphatic rings. The fourth-order valence-corrected chi connectivity index (χ4v) is 2.15. The summed E-state index contributed by atoms with van der Waals surface area (Å²) in [5.74, 6) is -0.623. The summed E-state index contributed by atoms with van der Waals surface area (Å²) in [5, 5.41) is 0. The van der Waals surface area contributed by atoms with Crippen LogP contribution >= 0.6 is 0 Å². The Hall–Kier alpha value is -2.11. The maximum atomic E-state index is 13.4. The zero-order valence-electron chi connectivity index (χ0n) is 11.1. The number of likely N-dealkylation sites (tertiary alicyclic amines) is 1. The van der Waals surface area contributed by atoms with Crippen molar-refractivity contribution in [2.24, 2.45) is 0 Å². The molecule has 2 atom stereocenters. The fraction of sp³-hybridized carbons (Fsp3) is 0.429. The highest BCUT2D eigenvalue weighted by Crippen LogP contribution is 2.22. The topological polar surface area (TPSA) is 55.8 Å². The maximum Gasteiger partial charge on any atom is 0.410 e. The van der Waals surface area contributed by atoms with Crippen LogP contribution in [0.3, 0.4) is 0 Å². The molecule has 5 nitrogen and oxygen atoms in total. The largest absolute Gasteiger partial charge is 0.467 e. The molecular formula is C14H16FNO4. The molecule has 1 heterocycles. The van der Waals surface area contributed by atoms with Crippen molar-refractivity contribution in [1.29, 1.82) is 0 Å². The van der Waals surface area contributed by atoms with Gasteiger partial charge in [0.1, 0.15) is 18.8 Å². The molecule has 0 spiro atoms. The molecule has 1 aliphatic heterocycles. The van der Waals surface area contributed by atoms with Crippen molar-refractivity contribution in [2.75, 3.05) is 13.7 Å². The van der Waals surface area contributed by atoms with E-state index >= 15 is 0 Å². The summed E-state index contributed by atoms with van der Waals surface area (Å²) in [4.78, 5) is 24.5. The third-order valence-corrected chi connectivity index (χ3v) is 3.16. The number of hydrogen-bond donors (Lipinski definition) is 0. The molecule has 1 amide bonds. The van der Waals surface area contributed by atoms with Crippen LogP contribution in [0, 0.1) is 0 Å². The molecule has 2 rings (SSSR count). The minimum Gasteiger partial charge on any atom is -0.467 e. The van der Waals surface area contributed by atoms with E-state index in [2.05, 4.69) is 4.74 Å². The van der Waals surface area contributed by atoms with Gasteiger partial charge in [-0.15, -0.1) is 0 Å². The van der Waals surface area contributed by atoms with E-state index in [1.54, 1.807) is 0 Å². The molecular weight excluding hydrogens is 265 g/mol. The average Bonchev–Trinajstić information content (AvgIpc) is 2.87. The van der Waals surface area contributed by atoms with E-state index in [-0.39, 0.29) is 19.6 Å². The summed E-state index contributed by atoms with van der Waals surface area (Å²) < 4.78 is 23.1. The molecule has 0 radical (unpaired) electrons. The molecule has 0 bridgehead atoms. The van der Waals surface area contributed by atoms with E-state index in [1.165, 1.54) is 7.11 Å². The molecule has 0 N–H and O–H groups in total. The van der Waals surface area contributed by atoms with Gasteiger partial charge >= 0.3 is 12.1 Å². The second-order valence-corrected chi connectivity index (χ2v) is 4.56. The van der Waals surface area contributed by atoms with Crippen LogP contribution in [0.5, 0.6) is 0 Å². The van der Waals surface area contributed by atoms with E-state index in [9.17, 15) is 14.0 Å². The monoisotopic (exact) mass is 281 g/mol. The van der Waals surface area contributed by atoms with Gasteiger partial charge in [-0.1, -0.05) is 30.3 Å². The van der Waals surface area contributed by atoms with E-state index in [4.69, 9.17) is 4.74 Å². The van der Waals surface area contributed by atoms with Crippen molar-refractivity contribution in [2.45, 2.75) is 25.2 Å². The zero-order valence-corrected chi connectivity index (χ0v) is 11.1. The van der Waals surface area contributed by atoms with Crippen molar-refractivity contribution < 1.29 is 23.5 Å². The lowest BCUT2D eigenvalue weighted by molar-refractivity contribution is -0.145. The van der Waals surface area contributed by atoms with Crippen LogP contribution in [0.4, 0.5) is 9.18 Å². The summed E-state index contributed by atoms with van der Waals surface area (Å²) in [7, 11) is 1.21. The van der Waals surface area contributed by atoms with Crippen molar-refractivity contribution in [3.05, 3.63) is 35.9 Å². The van der Waals surface area contributed by atoms with Gasteiger partial charge in [-0.25, -0.2) is 14.0 Å². The molecule has 108 valence electrons. The molecule has 0 saturated carbocycles. The van der Waals surface area contributed by atoms with Crippen LogP contribution < -0.4 is 0 Å². The Bertz CT molecular complexity index is 479. The lowest BCUT2D eigenvalue weighted by atomic mass is 10.2. The predicted octanol–water partition coefficient (Wildman–Crippen LogP) is 1.91. The molecule has 1 aromatic rings. The first-order valence-electron chi connectivity index (χ1n) is 6.31. The summed E-state index contributed by atoms with van der Waals surface area (Å²) in [6, 6.07) is 8.23. The highest BCUT2D eigenvalue weighted by atomic mass is 19.1. The smallest absolute Gasteiger partial charge is 0.410 e. The number of esters is 1. The van der Waals surface area contributed by atoms with Gasteiger partial charge < -0.3 is 9.47 Å². The van der Waals surface area contributed by atoms with Crippen LogP contribution in [-0.4, -0.2) is 42.8 Å². The number of hydrogen-bond acceptors (Lipinski definition) is 4. The minimum atomic E-state index is -1.23. The molecule has 0 aliphatic carbocycles. The quantitative estimate of drug-likeness (QED) is 0.794. The first kappa shape index (κ1) is 14.3. The molecule has 0 aromatic heterocycles. The van der Waals surface area contributed by atoms with Crippen molar-refractivity contribution in [3.63, 3.8) is 0 Å². The maximum absolute atomic E-state index is 13.4. The van der Waals surface area contributed by atoms with Gasteiger partial charge in [-0.2, -0.15) is 0 Å². The number of nitrogens with zero attached hydrogens (tertiary/aromatic N) is 1. The Morgan fingerprint density at radius 1 is 1.35 bits per heavy atom. The zero-order chi connectivity index (χ0) is 14.5. The van der Waals surface area contributed by atoms with Gasteiger partial charge in [-0.3, -0.25) is 4.90 Å². The van der Waals surface area contributed by atoms with Crippen molar-refractivity contribution in [3.8, 4) is 0 Å². The summed E-state index contributed by atoms with van der Waals surface area (Å²) in [6.45, 7) is -0.0611. The van der Waals surface area contributed by atoms with Crippen molar-refractivity contribution in [1.82, 2.24) is 4.90 Å². The molecule has 6 heteroatoms. The average molecular weight is 281 g/mol. The normalized spacial score (nSPS) is 21.6. The lowest BCUT2D eigenvalue weighted by Gasteiger charge is -2.21. The fourth-order valence-electron chi connectivity index (χ4n) is 2.15. The van der Waals surface area contributed by atoms with E-state index in [0.717, 1.165) is 10.5 Å². The third kappa shape index (κ3) is 3.26.